The van der Waals surface area contributed by atoms with E-state index in [-0.39, 0.29) is 5.57 Å². The van der Waals surface area contributed by atoms with E-state index in [2.05, 4.69) is 0 Å². The van der Waals surface area contributed by atoms with Crippen molar-refractivity contribution in [2.24, 2.45) is 0 Å². The highest BCUT2D eigenvalue weighted by Crippen LogP contribution is 2.14. The molecule has 17 heavy (non-hydrogen) atoms. The Balaban J connectivity index is 3.02. The summed E-state index contributed by atoms with van der Waals surface area (Å²) in [6.07, 6.45) is 4.69. The monoisotopic (exact) mass is 237 g/mol. The van der Waals surface area contributed by atoms with E-state index in [1.807, 2.05) is 14.1 Å². The van der Waals surface area contributed by atoms with Crippen molar-refractivity contribution in [3.05, 3.63) is 23.9 Å². The Kier molecular flexibility index (Phi) is 3.67. The summed E-state index contributed by atoms with van der Waals surface area (Å²) >= 11 is 0. The fraction of sp³-hybridized carbons (Fsp3) is 0.364. The Morgan fingerprint density at radius 2 is 1.47 bits per heavy atom. The van der Waals surface area contributed by atoms with Crippen molar-refractivity contribution >= 4 is 17.8 Å². The van der Waals surface area contributed by atoms with E-state index in [0.29, 0.717) is 0 Å². The van der Waals surface area contributed by atoms with Crippen molar-refractivity contribution in [2.45, 2.75) is 0 Å². The third-order valence-electron chi connectivity index (χ3n) is 2.29. The van der Waals surface area contributed by atoms with Crippen molar-refractivity contribution in [2.75, 3.05) is 28.2 Å². The van der Waals surface area contributed by atoms with Crippen LogP contribution in [0.25, 0.3) is 0 Å². The average Bonchev–Trinajstić information content (AvgIpc) is 2.28. The number of hydrogen-bond acceptors (Lipinski definition) is 4. The molecule has 92 valence electrons. The SMILES string of the molecule is CN(C)/C=C/C=C1C(=O)N(C)C(=O)N(C)C1=O. The molecule has 1 fully saturated rings. The topological polar surface area (TPSA) is 60.9 Å². The number of hydrogen-bond donors (Lipinski definition) is 0. The molecule has 0 aromatic heterocycles. The Bertz CT molecular complexity index is 398. The summed E-state index contributed by atoms with van der Waals surface area (Å²) in [4.78, 5) is 38.4. The van der Waals surface area contributed by atoms with Crippen LogP contribution in [0.3, 0.4) is 0 Å². The van der Waals surface area contributed by atoms with Crippen molar-refractivity contribution in [1.82, 2.24) is 14.7 Å². The zero-order valence-electron chi connectivity index (χ0n) is 10.3. The number of likely N-dealkylation sites (N-methyl/N-ethyl adjacent to an activating group) is 2. The van der Waals surface area contributed by atoms with Gasteiger partial charge in [0.05, 0.1) is 0 Å². The van der Waals surface area contributed by atoms with Gasteiger partial charge in [-0.1, -0.05) is 0 Å². The smallest absolute Gasteiger partial charge is 0.333 e. The van der Waals surface area contributed by atoms with Crippen LogP contribution in [0.15, 0.2) is 23.9 Å². The predicted molar refractivity (Wildman–Crippen MR) is 61.8 cm³/mol. The molecule has 0 N–H and O–H groups in total. The molecular formula is C11H15N3O3. The Morgan fingerprint density at radius 3 is 1.88 bits per heavy atom. The van der Waals surface area contributed by atoms with E-state index < -0.39 is 17.8 Å². The summed E-state index contributed by atoms with van der Waals surface area (Å²) in [5, 5.41) is 0. The van der Waals surface area contributed by atoms with Gasteiger partial charge in [0.1, 0.15) is 5.57 Å². The third kappa shape index (κ3) is 2.52. The molecule has 0 spiro atoms. The number of rotatable bonds is 2. The first kappa shape index (κ1) is 13.0. The van der Waals surface area contributed by atoms with Crippen molar-refractivity contribution < 1.29 is 14.4 Å². The van der Waals surface area contributed by atoms with Gasteiger partial charge in [0.25, 0.3) is 11.8 Å². The number of imide groups is 2. The Hall–Kier alpha value is -2.11. The Morgan fingerprint density at radius 1 is 1.00 bits per heavy atom. The van der Waals surface area contributed by atoms with Gasteiger partial charge in [-0.05, 0) is 18.4 Å². The molecule has 1 saturated heterocycles. The van der Waals surface area contributed by atoms with Gasteiger partial charge in [0, 0.05) is 28.2 Å². The van der Waals surface area contributed by atoms with Crippen molar-refractivity contribution in [3.63, 3.8) is 0 Å². The molecule has 1 aliphatic heterocycles. The summed E-state index contributed by atoms with van der Waals surface area (Å²) in [6, 6.07) is -0.617. The molecule has 0 aliphatic carbocycles. The molecule has 6 nitrogen and oxygen atoms in total. The van der Waals surface area contributed by atoms with Gasteiger partial charge < -0.3 is 4.90 Å². The maximum atomic E-state index is 11.7. The number of carbonyl (C=O) groups excluding carboxylic acids is 3. The molecule has 0 aromatic carbocycles. The molecule has 1 rings (SSSR count). The summed E-state index contributed by atoms with van der Waals surface area (Å²) < 4.78 is 0. The minimum absolute atomic E-state index is 0.0206. The molecule has 1 heterocycles. The lowest BCUT2D eigenvalue weighted by atomic mass is 10.1. The number of nitrogens with zero attached hydrogens (tertiary/aromatic N) is 3. The number of urea groups is 1. The average molecular weight is 237 g/mol. The molecule has 0 saturated carbocycles. The van der Waals surface area contributed by atoms with Crippen molar-refractivity contribution in [3.8, 4) is 0 Å². The van der Waals surface area contributed by atoms with E-state index in [9.17, 15) is 14.4 Å². The fourth-order valence-electron chi connectivity index (χ4n) is 1.31. The van der Waals surface area contributed by atoms with Gasteiger partial charge >= 0.3 is 6.03 Å². The second-order valence-electron chi connectivity index (χ2n) is 3.90. The zero-order valence-corrected chi connectivity index (χ0v) is 10.3. The summed E-state index contributed by atoms with van der Waals surface area (Å²) in [7, 11) is 6.33. The van der Waals surface area contributed by atoms with Crippen LogP contribution < -0.4 is 0 Å². The van der Waals surface area contributed by atoms with Crippen LogP contribution in [0.4, 0.5) is 4.79 Å². The maximum Gasteiger partial charge on any atom is 0.333 e. The standard InChI is InChI=1S/C11H15N3O3/c1-12(2)7-5-6-8-9(15)13(3)11(17)14(4)10(8)16/h5-7H,1-4H3/b7-5+. The third-order valence-corrected chi connectivity index (χ3v) is 2.29. The van der Waals surface area contributed by atoms with E-state index in [0.717, 1.165) is 9.80 Å². The van der Waals surface area contributed by atoms with Crippen molar-refractivity contribution in [1.29, 1.82) is 0 Å². The van der Waals surface area contributed by atoms with Gasteiger partial charge in [-0.25, -0.2) is 4.79 Å². The van der Waals surface area contributed by atoms with Crippen LogP contribution in [0.2, 0.25) is 0 Å². The second kappa shape index (κ2) is 4.82. The van der Waals surface area contributed by atoms with Gasteiger partial charge in [-0.15, -0.1) is 0 Å². The van der Waals surface area contributed by atoms with Crippen LogP contribution in [0, 0.1) is 0 Å². The lowest BCUT2D eigenvalue weighted by molar-refractivity contribution is -0.134. The molecular weight excluding hydrogens is 222 g/mol. The molecule has 4 amide bonds. The van der Waals surface area contributed by atoms with Crippen LogP contribution in [0.5, 0.6) is 0 Å². The van der Waals surface area contributed by atoms with Crippen LogP contribution >= 0.6 is 0 Å². The lowest BCUT2D eigenvalue weighted by Crippen LogP contribution is -2.52. The first-order valence-electron chi connectivity index (χ1n) is 5.01. The predicted octanol–water partition coefficient (Wildman–Crippen LogP) is 0.0385. The number of barbiturate groups is 1. The van der Waals surface area contributed by atoms with E-state index in [4.69, 9.17) is 0 Å². The van der Waals surface area contributed by atoms with E-state index >= 15 is 0 Å². The maximum absolute atomic E-state index is 11.7. The fourth-order valence-corrected chi connectivity index (χ4v) is 1.31. The minimum Gasteiger partial charge on any atom is -0.383 e. The highest BCUT2D eigenvalue weighted by atomic mass is 16.2. The zero-order chi connectivity index (χ0) is 13.2. The quantitative estimate of drug-likeness (QED) is 0.502. The summed E-state index contributed by atoms with van der Waals surface area (Å²) in [5.41, 5.74) is -0.0206. The van der Waals surface area contributed by atoms with Crippen LogP contribution in [-0.4, -0.2) is 60.7 Å². The van der Waals surface area contributed by atoms with Crippen LogP contribution in [-0.2, 0) is 9.59 Å². The molecule has 1 aliphatic rings. The van der Waals surface area contributed by atoms with Crippen LogP contribution in [0.1, 0.15) is 0 Å². The van der Waals surface area contributed by atoms with Gasteiger partial charge in [0.15, 0.2) is 0 Å². The molecule has 0 atom stereocenters. The normalized spacial score (nSPS) is 17.2. The number of carbonyl (C=O) groups is 3. The number of amides is 4. The highest BCUT2D eigenvalue weighted by molar-refractivity contribution is 6.28. The molecule has 0 aromatic rings. The van der Waals surface area contributed by atoms with Gasteiger partial charge in [0.2, 0.25) is 0 Å². The highest BCUT2D eigenvalue weighted by Gasteiger charge is 2.37. The lowest BCUT2D eigenvalue weighted by Gasteiger charge is -2.28. The molecule has 6 heteroatoms. The molecule has 0 bridgehead atoms. The molecule has 0 radical (unpaired) electrons. The first-order valence-corrected chi connectivity index (χ1v) is 5.01. The van der Waals surface area contributed by atoms with E-state index in [1.54, 1.807) is 17.2 Å². The Labute approximate surface area is 99.8 Å². The summed E-state index contributed by atoms with van der Waals surface area (Å²) in [5.74, 6) is -1.16. The minimum atomic E-state index is -0.617. The van der Waals surface area contributed by atoms with E-state index in [1.165, 1.54) is 20.2 Å². The van der Waals surface area contributed by atoms with Gasteiger partial charge in [-0.3, -0.25) is 19.4 Å². The van der Waals surface area contributed by atoms with Gasteiger partial charge in [-0.2, -0.15) is 0 Å². The second-order valence-corrected chi connectivity index (χ2v) is 3.90. The molecule has 0 unspecified atom stereocenters. The number of allylic oxidation sites excluding steroid dienone is 2. The largest absolute Gasteiger partial charge is 0.383 e. The summed E-state index contributed by atoms with van der Waals surface area (Å²) in [6.45, 7) is 0. The first-order chi connectivity index (χ1) is 7.86.